The van der Waals surface area contributed by atoms with Crippen LogP contribution in [0.5, 0.6) is 0 Å². The van der Waals surface area contributed by atoms with E-state index in [4.69, 9.17) is 5.14 Å². The van der Waals surface area contributed by atoms with E-state index in [1.807, 2.05) is 12.1 Å². The van der Waals surface area contributed by atoms with Crippen LogP contribution in [0.15, 0.2) is 58.3 Å². The second kappa shape index (κ2) is 8.10. The van der Waals surface area contributed by atoms with Crippen LogP contribution in [-0.4, -0.2) is 23.4 Å². The predicted octanol–water partition coefficient (Wildman–Crippen LogP) is 2.54. The molecule has 148 valence electrons. The van der Waals surface area contributed by atoms with Gasteiger partial charge in [-0.3, -0.25) is 0 Å². The van der Waals surface area contributed by atoms with Crippen molar-refractivity contribution in [2.75, 3.05) is 6.54 Å². The highest BCUT2D eigenvalue weighted by atomic mass is 32.2. The van der Waals surface area contributed by atoms with Gasteiger partial charge in [-0.15, -0.1) is 0 Å². The summed E-state index contributed by atoms with van der Waals surface area (Å²) in [5, 5.41) is 5.06. The Labute approximate surface area is 161 Å². The van der Waals surface area contributed by atoms with Gasteiger partial charge in [0.1, 0.15) is 0 Å². The van der Waals surface area contributed by atoms with Gasteiger partial charge in [0.2, 0.25) is 20.0 Å². The standard InChI is InChI=1S/C19H26N2O4S2/c1-4-19(2,3)16-7-11-18(12-8-16)27(24,25)21-14-13-15-5-9-17(10-6-15)26(20,22)23/h5-12,21H,4,13-14H2,1-3H3,(H2,20,22,23). The first-order valence-electron chi connectivity index (χ1n) is 8.68. The van der Waals surface area contributed by atoms with Crippen LogP contribution in [0.2, 0.25) is 0 Å². The zero-order valence-electron chi connectivity index (χ0n) is 15.8. The van der Waals surface area contributed by atoms with E-state index in [-0.39, 0.29) is 21.8 Å². The zero-order valence-corrected chi connectivity index (χ0v) is 17.4. The van der Waals surface area contributed by atoms with E-state index in [2.05, 4.69) is 25.5 Å². The van der Waals surface area contributed by atoms with Gasteiger partial charge in [0.25, 0.3) is 0 Å². The third-order valence-corrected chi connectivity index (χ3v) is 7.19. The second-order valence-corrected chi connectivity index (χ2v) is 10.4. The molecule has 0 radical (unpaired) electrons. The molecule has 0 aliphatic carbocycles. The van der Waals surface area contributed by atoms with Crippen LogP contribution in [0.25, 0.3) is 0 Å². The van der Waals surface area contributed by atoms with E-state index in [9.17, 15) is 16.8 Å². The van der Waals surface area contributed by atoms with Crippen LogP contribution in [-0.2, 0) is 31.9 Å². The van der Waals surface area contributed by atoms with Gasteiger partial charge < -0.3 is 0 Å². The van der Waals surface area contributed by atoms with Gasteiger partial charge in [0.05, 0.1) is 9.79 Å². The van der Waals surface area contributed by atoms with Crippen molar-refractivity contribution in [2.24, 2.45) is 5.14 Å². The molecule has 2 aromatic rings. The number of primary sulfonamides is 1. The molecule has 0 saturated heterocycles. The van der Waals surface area contributed by atoms with E-state index in [1.165, 1.54) is 12.1 Å². The smallest absolute Gasteiger partial charge is 0.225 e. The van der Waals surface area contributed by atoms with Gasteiger partial charge in [-0.1, -0.05) is 45.0 Å². The lowest BCUT2D eigenvalue weighted by Crippen LogP contribution is -2.26. The van der Waals surface area contributed by atoms with E-state index in [0.29, 0.717) is 6.42 Å². The van der Waals surface area contributed by atoms with Crippen LogP contribution in [0.3, 0.4) is 0 Å². The average molecular weight is 411 g/mol. The zero-order chi connectivity index (χ0) is 20.3. The number of sulfonamides is 2. The topological polar surface area (TPSA) is 106 Å². The molecule has 0 atom stereocenters. The second-order valence-electron chi connectivity index (χ2n) is 7.10. The van der Waals surface area contributed by atoms with Crippen LogP contribution in [0.4, 0.5) is 0 Å². The minimum absolute atomic E-state index is 0.00110. The summed E-state index contributed by atoms with van der Waals surface area (Å²) in [5.74, 6) is 0. The van der Waals surface area contributed by atoms with Gasteiger partial charge in [0, 0.05) is 6.54 Å². The lowest BCUT2D eigenvalue weighted by atomic mass is 9.82. The fraction of sp³-hybridized carbons (Fsp3) is 0.368. The fourth-order valence-corrected chi connectivity index (χ4v) is 4.10. The maximum atomic E-state index is 12.4. The Morgan fingerprint density at radius 3 is 1.89 bits per heavy atom. The Morgan fingerprint density at radius 1 is 0.889 bits per heavy atom. The summed E-state index contributed by atoms with van der Waals surface area (Å²) in [6, 6.07) is 13.0. The van der Waals surface area contributed by atoms with Crippen LogP contribution in [0.1, 0.15) is 38.3 Å². The third-order valence-electron chi connectivity index (χ3n) is 4.79. The normalized spacial score (nSPS) is 12.9. The fourth-order valence-electron chi connectivity index (χ4n) is 2.55. The summed E-state index contributed by atoms with van der Waals surface area (Å²) < 4.78 is 49.9. The van der Waals surface area contributed by atoms with Crippen molar-refractivity contribution < 1.29 is 16.8 Å². The molecule has 0 fully saturated rings. The molecule has 8 heteroatoms. The van der Waals surface area contributed by atoms with Gasteiger partial charge in [-0.25, -0.2) is 26.7 Å². The molecule has 0 aromatic heterocycles. The molecule has 0 bridgehead atoms. The highest BCUT2D eigenvalue weighted by Crippen LogP contribution is 2.27. The Hall–Kier alpha value is -1.74. The van der Waals surface area contributed by atoms with Crippen LogP contribution < -0.4 is 9.86 Å². The Bertz CT molecular complexity index is 979. The quantitative estimate of drug-likeness (QED) is 0.697. The molecular formula is C19H26N2O4S2. The largest absolute Gasteiger partial charge is 0.240 e. The first-order chi connectivity index (χ1) is 12.5. The van der Waals surface area contributed by atoms with Crippen molar-refractivity contribution in [3.05, 3.63) is 59.7 Å². The number of nitrogens with one attached hydrogen (secondary N) is 1. The maximum absolute atomic E-state index is 12.4. The van der Waals surface area contributed by atoms with E-state index >= 15 is 0 Å². The lowest BCUT2D eigenvalue weighted by molar-refractivity contribution is 0.505. The Morgan fingerprint density at radius 2 is 1.41 bits per heavy atom. The molecule has 0 saturated carbocycles. The summed E-state index contributed by atoms with van der Waals surface area (Å²) in [7, 11) is -7.32. The van der Waals surface area contributed by atoms with Crippen molar-refractivity contribution in [1.29, 1.82) is 0 Å². The first kappa shape index (κ1) is 21.6. The summed E-state index contributed by atoms with van der Waals surface area (Å²) in [4.78, 5) is 0.254. The number of hydrogen-bond donors (Lipinski definition) is 2. The molecule has 6 nitrogen and oxygen atoms in total. The van der Waals surface area contributed by atoms with Crippen LogP contribution >= 0.6 is 0 Å². The lowest BCUT2D eigenvalue weighted by Gasteiger charge is -2.23. The monoisotopic (exact) mass is 410 g/mol. The number of nitrogens with two attached hydrogens (primary N) is 1. The van der Waals surface area contributed by atoms with Crippen molar-refractivity contribution in [2.45, 2.75) is 48.8 Å². The van der Waals surface area contributed by atoms with Gasteiger partial charge in [0.15, 0.2) is 0 Å². The Kier molecular flexibility index (Phi) is 6.47. The van der Waals surface area contributed by atoms with E-state index in [0.717, 1.165) is 17.5 Å². The van der Waals surface area contributed by atoms with E-state index < -0.39 is 20.0 Å². The van der Waals surface area contributed by atoms with Crippen LogP contribution in [0, 0.1) is 0 Å². The SMILES string of the molecule is CCC(C)(C)c1ccc(S(=O)(=O)NCCc2ccc(S(N)(=O)=O)cc2)cc1. The average Bonchev–Trinajstić information content (AvgIpc) is 2.61. The minimum atomic E-state index is -3.73. The summed E-state index contributed by atoms with van der Waals surface area (Å²) >= 11 is 0. The number of rotatable bonds is 8. The first-order valence-corrected chi connectivity index (χ1v) is 11.7. The minimum Gasteiger partial charge on any atom is -0.225 e. The molecule has 0 aliphatic rings. The van der Waals surface area contributed by atoms with Crippen molar-refractivity contribution in [1.82, 2.24) is 4.72 Å². The molecule has 0 amide bonds. The van der Waals surface area contributed by atoms with Gasteiger partial charge >= 0.3 is 0 Å². The molecule has 0 spiro atoms. The summed E-state index contributed by atoms with van der Waals surface area (Å²) in [6.07, 6.45) is 1.40. The van der Waals surface area contributed by atoms with E-state index in [1.54, 1.807) is 24.3 Å². The molecule has 2 aromatic carbocycles. The van der Waals surface area contributed by atoms with Gasteiger partial charge in [-0.2, -0.15) is 0 Å². The van der Waals surface area contributed by atoms with Crippen molar-refractivity contribution in [3.63, 3.8) is 0 Å². The van der Waals surface area contributed by atoms with Crippen molar-refractivity contribution >= 4 is 20.0 Å². The molecule has 0 heterocycles. The molecular weight excluding hydrogens is 384 g/mol. The number of benzene rings is 2. The highest BCUT2D eigenvalue weighted by Gasteiger charge is 2.19. The van der Waals surface area contributed by atoms with Crippen molar-refractivity contribution in [3.8, 4) is 0 Å². The molecule has 27 heavy (non-hydrogen) atoms. The molecule has 0 aliphatic heterocycles. The highest BCUT2D eigenvalue weighted by molar-refractivity contribution is 7.89. The van der Waals surface area contributed by atoms with Gasteiger partial charge in [-0.05, 0) is 53.6 Å². The molecule has 2 rings (SSSR count). The number of hydrogen-bond acceptors (Lipinski definition) is 4. The summed E-state index contributed by atoms with van der Waals surface area (Å²) in [6.45, 7) is 6.55. The molecule has 3 N–H and O–H groups in total. The summed E-state index contributed by atoms with van der Waals surface area (Å²) in [5.41, 5.74) is 1.91. The third kappa shape index (κ3) is 5.62. The Balaban J connectivity index is 2.00. The maximum Gasteiger partial charge on any atom is 0.240 e. The molecule has 0 unspecified atom stereocenters. The predicted molar refractivity (Wildman–Crippen MR) is 106 cm³/mol.